The van der Waals surface area contributed by atoms with Gasteiger partial charge in [0.1, 0.15) is 15.8 Å². The van der Waals surface area contributed by atoms with Gasteiger partial charge in [0.25, 0.3) is 20.0 Å². The van der Waals surface area contributed by atoms with Gasteiger partial charge in [0.2, 0.25) is 0 Å². The van der Waals surface area contributed by atoms with Crippen LogP contribution in [-0.2, 0) is 60.8 Å². The van der Waals surface area contributed by atoms with Crippen molar-refractivity contribution in [2.45, 2.75) is 36.4 Å². The first kappa shape index (κ1) is 51.1. The van der Waals surface area contributed by atoms with Crippen LogP contribution in [0, 0.1) is 24.6 Å². The van der Waals surface area contributed by atoms with Gasteiger partial charge in [-0.1, -0.05) is 42.5 Å². The number of esters is 2. The number of anilines is 2. The number of halogens is 5. The van der Waals surface area contributed by atoms with Crippen LogP contribution in [0.25, 0.3) is 20.2 Å². The summed E-state index contributed by atoms with van der Waals surface area (Å²) < 4.78 is 121. The quantitative estimate of drug-likeness (QED) is 0.0619. The van der Waals surface area contributed by atoms with Crippen molar-refractivity contribution in [1.29, 1.82) is 0 Å². The molecule has 0 saturated heterocycles. The van der Waals surface area contributed by atoms with E-state index in [9.17, 15) is 44.0 Å². The number of carbonyl (C=O) groups is 2. The van der Waals surface area contributed by atoms with Crippen LogP contribution in [0.2, 0.25) is 0 Å². The van der Waals surface area contributed by atoms with Gasteiger partial charge >= 0.3 is 18.1 Å². The summed E-state index contributed by atoms with van der Waals surface area (Å²) in [6, 6.07) is 28.0. The molecular weight excluding hydrogens is 1050 g/mol. The fraction of sp³-hybridized carbons (Fsp3) is 0.140. The van der Waals surface area contributed by atoms with E-state index in [0.29, 0.717) is 33.3 Å². The molecule has 0 aliphatic carbocycles. The Morgan fingerprint density at radius 3 is 1.67 bits per heavy atom. The second kappa shape index (κ2) is 21.4. The van der Waals surface area contributed by atoms with E-state index >= 15 is 0 Å². The number of sulfonamides is 2. The second-order valence-electron chi connectivity index (χ2n) is 13.0. The summed E-state index contributed by atoms with van der Waals surface area (Å²) in [5.74, 6) is -2.61. The predicted octanol–water partition coefficient (Wildman–Crippen LogP) is 11.6. The summed E-state index contributed by atoms with van der Waals surface area (Å²) in [4.78, 5) is 26.3. The van der Waals surface area contributed by atoms with Crippen LogP contribution in [0.1, 0.15) is 43.0 Å². The molecule has 0 spiro atoms. The molecular formula is C43H36F4IN2O8S4V-. The molecule has 0 aliphatic rings. The van der Waals surface area contributed by atoms with E-state index in [1.807, 2.05) is 65.9 Å². The Kier molecular flexibility index (Phi) is 17.4. The van der Waals surface area contributed by atoms with Crippen molar-refractivity contribution in [1.82, 2.24) is 0 Å². The number of nitrogens with zero attached hydrogens (tertiary/aromatic N) is 1. The van der Waals surface area contributed by atoms with Crippen molar-refractivity contribution in [2.24, 2.45) is 0 Å². The van der Waals surface area contributed by atoms with Gasteiger partial charge in [-0.25, -0.2) is 30.8 Å². The molecule has 331 valence electrons. The maximum absolute atomic E-state index is 13.9. The van der Waals surface area contributed by atoms with Gasteiger partial charge in [-0.3, -0.25) is 14.0 Å². The van der Waals surface area contributed by atoms with Crippen LogP contribution in [0.5, 0.6) is 0 Å². The maximum Gasteiger partial charge on any atom is 0.419 e. The van der Waals surface area contributed by atoms with Crippen LogP contribution < -0.4 is 9.03 Å². The minimum absolute atomic E-state index is 0. The summed E-state index contributed by atoms with van der Waals surface area (Å²) in [7, 11) is -5.57. The zero-order chi connectivity index (χ0) is 45.6. The molecule has 0 unspecified atom stereocenters. The maximum atomic E-state index is 13.9. The Balaban J connectivity index is 0.000000281. The average molecular weight is 1090 g/mol. The Morgan fingerprint density at radius 1 is 0.714 bits per heavy atom. The monoisotopic (exact) mass is 1090 g/mol. The zero-order valence-electron chi connectivity index (χ0n) is 33.6. The molecule has 2 heterocycles. The zero-order valence-corrected chi connectivity index (χ0v) is 40.4. The number of nitrogens with one attached hydrogen (secondary N) is 1. The van der Waals surface area contributed by atoms with Gasteiger partial charge < -0.3 is 32.1 Å². The molecule has 10 nitrogen and oxygen atoms in total. The standard InChI is InChI=1S/C25H19F4NO4S2.C17H15NO4S2.CH2I.V/c1-15-19-5-3-4-6-22(19)35-23(15)30(14-16-7-12-21(26)20(13-16)25(27,28)29)36(32,33)18-10-8-17(9-11-18)24(31)34-2;1-11-14-5-3-4-6-15(14)23-16(11)18-24(20,21)13-9-7-12(8-10-13)17(19)22-2;1-2;/h3-13H,14H2,1-2H3;3-10,18H,1-2H3;1H2;/q;;-1;. The van der Waals surface area contributed by atoms with Gasteiger partial charge in [0, 0.05) is 28.0 Å². The first-order valence-electron chi connectivity index (χ1n) is 17.9. The number of methoxy groups -OCH3 is 2. The summed E-state index contributed by atoms with van der Waals surface area (Å²) in [6.45, 7) is 3.14. The Morgan fingerprint density at radius 2 is 1.19 bits per heavy atom. The minimum Gasteiger partial charge on any atom is -0.465 e. The topological polar surface area (TPSA) is 136 Å². The third kappa shape index (κ3) is 11.6. The third-order valence-corrected chi connectivity index (χ3v) is 15.1. The van der Waals surface area contributed by atoms with Crippen LogP contribution in [0.4, 0.5) is 27.6 Å². The first-order chi connectivity index (χ1) is 29.3. The molecule has 1 radical (unpaired) electrons. The molecule has 0 atom stereocenters. The number of fused-ring (bicyclic) bond motifs is 2. The van der Waals surface area contributed by atoms with Gasteiger partial charge in [0.15, 0.2) is 0 Å². The van der Waals surface area contributed by atoms with E-state index in [1.165, 1.54) is 85.4 Å². The summed E-state index contributed by atoms with van der Waals surface area (Å²) in [5.41, 5.74) is 0.431. The average Bonchev–Trinajstić information content (AvgIpc) is 3.77. The molecule has 0 saturated carbocycles. The molecule has 20 heteroatoms. The van der Waals surface area contributed by atoms with Crippen LogP contribution in [0.15, 0.2) is 125 Å². The minimum atomic E-state index is -4.94. The van der Waals surface area contributed by atoms with Gasteiger partial charge in [-0.2, -0.15) is 13.2 Å². The summed E-state index contributed by atoms with van der Waals surface area (Å²) in [5, 5.41) is 2.73. The molecule has 7 rings (SSSR count). The summed E-state index contributed by atoms with van der Waals surface area (Å²) in [6.07, 6.45) is -4.94. The largest absolute Gasteiger partial charge is 0.465 e. The van der Waals surface area contributed by atoms with E-state index in [2.05, 4.69) is 19.1 Å². The first-order valence-corrected chi connectivity index (χ1v) is 23.9. The number of carbonyl (C=O) groups excluding carboxylic acids is 2. The molecule has 0 fully saturated rings. The molecule has 0 bridgehead atoms. The fourth-order valence-corrected chi connectivity index (χ4v) is 11.5. The Bertz CT molecular complexity index is 2960. The van der Waals surface area contributed by atoms with Crippen molar-refractivity contribution in [3.05, 3.63) is 159 Å². The van der Waals surface area contributed by atoms with Crippen molar-refractivity contribution < 1.29 is 72.0 Å². The van der Waals surface area contributed by atoms with Crippen LogP contribution in [0.3, 0.4) is 0 Å². The number of rotatable bonds is 10. The smallest absolute Gasteiger partial charge is 0.419 e. The predicted molar refractivity (Wildman–Crippen MR) is 244 cm³/mol. The number of hydrogen-bond donors (Lipinski definition) is 1. The summed E-state index contributed by atoms with van der Waals surface area (Å²) >= 11 is 4.47. The fourth-order valence-electron chi connectivity index (χ4n) is 6.07. The molecule has 5 aromatic carbocycles. The Labute approximate surface area is 395 Å². The molecule has 63 heavy (non-hydrogen) atoms. The number of ether oxygens (including phenoxy) is 2. The van der Waals surface area contributed by atoms with Crippen molar-refractivity contribution in [2.75, 3.05) is 23.2 Å². The van der Waals surface area contributed by atoms with E-state index < -0.39 is 56.1 Å². The van der Waals surface area contributed by atoms with E-state index in [1.54, 1.807) is 19.1 Å². The van der Waals surface area contributed by atoms with Crippen LogP contribution >= 0.6 is 45.3 Å². The molecule has 1 N–H and O–H groups in total. The number of hydrogen-bond acceptors (Lipinski definition) is 10. The van der Waals surface area contributed by atoms with Crippen molar-refractivity contribution in [3.8, 4) is 0 Å². The van der Waals surface area contributed by atoms with Gasteiger partial charge in [0.05, 0.1) is 47.2 Å². The number of aryl methyl sites for hydroxylation is 2. The van der Waals surface area contributed by atoms with Gasteiger partial charge in [-0.05, 0) is 114 Å². The Hall–Kier alpha value is -4.51. The molecule has 7 aromatic rings. The van der Waals surface area contributed by atoms with Gasteiger partial charge in [-0.15, -0.1) is 22.7 Å². The second-order valence-corrected chi connectivity index (χ2v) is 18.7. The number of benzene rings is 5. The number of thiophene rings is 2. The molecule has 0 amide bonds. The van der Waals surface area contributed by atoms with Crippen LogP contribution in [-0.4, -0.2) is 43.0 Å². The van der Waals surface area contributed by atoms with E-state index in [-0.39, 0.29) is 39.5 Å². The molecule has 2 aromatic heterocycles. The van der Waals surface area contributed by atoms with Crippen molar-refractivity contribution in [3.63, 3.8) is 0 Å². The SMILES string of the molecule is COC(=O)c1ccc(S(=O)(=O)N(Cc2ccc(F)c(C(F)(F)F)c2)c2sc3ccccc3c2C)cc1.COC(=O)c1ccc(S(=O)(=O)Nc2sc3ccccc3c2C)cc1.[CH2-]I.[V]. The van der Waals surface area contributed by atoms with E-state index in [4.69, 9.17) is 0 Å². The number of alkyl halides is 3. The van der Waals surface area contributed by atoms with E-state index in [0.717, 1.165) is 36.1 Å². The molecule has 0 aliphatic heterocycles. The normalized spacial score (nSPS) is 11.3. The third-order valence-electron chi connectivity index (χ3n) is 9.23. The van der Waals surface area contributed by atoms with Crippen molar-refractivity contribution >= 4 is 107 Å².